The largest absolute Gasteiger partial charge is 0.127 e. The summed E-state index contributed by atoms with van der Waals surface area (Å²) >= 11 is 4.37. The first kappa shape index (κ1) is 11.5. The molecule has 16 heavy (non-hydrogen) atoms. The van der Waals surface area contributed by atoms with Crippen molar-refractivity contribution < 1.29 is 0 Å². The molecule has 1 fully saturated rings. The first-order valence-corrected chi connectivity index (χ1v) is 11.0. The molecule has 2 heterocycles. The number of rotatable bonds is 1. The molecule has 4 unspecified atom stereocenters. The normalized spacial score (nSPS) is 45.7. The highest BCUT2D eigenvalue weighted by Gasteiger charge is 2.54. The van der Waals surface area contributed by atoms with Crippen LogP contribution in [0.3, 0.4) is 0 Å². The lowest BCUT2D eigenvalue weighted by Crippen LogP contribution is -2.25. The third-order valence-electron chi connectivity index (χ3n) is 4.23. The molecule has 4 atom stereocenters. The average molecular weight is 269 g/mol. The number of hydrogen-bond acceptors (Lipinski definition) is 2. The maximum atomic E-state index is 2.57. The van der Waals surface area contributed by atoms with Gasteiger partial charge < -0.3 is 0 Å². The molecule has 1 aliphatic carbocycles. The van der Waals surface area contributed by atoms with Crippen molar-refractivity contribution >= 4 is 32.3 Å². The fourth-order valence-corrected chi connectivity index (χ4v) is 11.0. The lowest BCUT2D eigenvalue weighted by molar-refractivity contribution is 0.581. The zero-order valence-corrected chi connectivity index (χ0v) is 13.2. The van der Waals surface area contributed by atoms with Gasteiger partial charge in [-0.1, -0.05) is 25.2 Å². The maximum Gasteiger partial charge on any atom is 0.0365 e. The van der Waals surface area contributed by atoms with Crippen LogP contribution in [0.25, 0.3) is 0 Å². The smallest absolute Gasteiger partial charge is 0.0365 e. The Morgan fingerprint density at radius 2 is 1.38 bits per heavy atom. The van der Waals surface area contributed by atoms with Gasteiger partial charge in [0, 0.05) is 19.3 Å². The third kappa shape index (κ3) is 1.58. The van der Waals surface area contributed by atoms with Gasteiger partial charge in [0.15, 0.2) is 0 Å². The molecule has 3 heteroatoms. The summed E-state index contributed by atoms with van der Waals surface area (Å²) in [6, 6.07) is 0. The van der Waals surface area contributed by atoms with E-state index in [1.807, 2.05) is 0 Å². The van der Waals surface area contributed by atoms with E-state index in [2.05, 4.69) is 62.6 Å². The molecule has 0 N–H and O–H groups in total. The van der Waals surface area contributed by atoms with Gasteiger partial charge in [-0.15, -0.1) is 23.5 Å². The zero-order chi connectivity index (χ0) is 11.4. The summed E-state index contributed by atoms with van der Waals surface area (Å²) in [6.07, 6.45) is 5.14. The Hall–Kier alpha value is 0.397. The molecule has 3 rings (SSSR count). The Labute approximate surface area is 109 Å². The zero-order valence-electron chi connectivity index (χ0n) is 10.4. The first-order valence-electron chi connectivity index (χ1n) is 6.28. The molecule has 0 spiro atoms. The SMILES string of the molecule is CC1=CC2C3C=C(C)SC3C([SiH](C)C)C2S1. The molecule has 3 aliphatic rings. The first-order chi connectivity index (χ1) is 7.58. The lowest BCUT2D eigenvalue weighted by atomic mass is 9.95. The van der Waals surface area contributed by atoms with E-state index in [0.29, 0.717) is 0 Å². The highest BCUT2D eigenvalue weighted by Crippen LogP contribution is 2.62. The van der Waals surface area contributed by atoms with Crippen LogP contribution in [0.5, 0.6) is 0 Å². The highest BCUT2D eigenvalue weighted by molar-refractivity contribution is 8.05. The van der Waals surface area contributed by atoms with Gasteiger partial charge in [0.1, 0.15) is 0 Å². The lowest BCUT2D eigenvalue weighted by Gasteiger charge is -2.26. The highest BCUT2D eigenvalue weighted by atomic mass is 32.2. The van der Waals surface area contributed by atoms with Crippen LogP contribution in [-0.2, 0) is 0 Å². The molecule has 2 aliphatic heterocycles. The van der Waals surface area contributed by atoms with Gasteiger partial charge in [0.25, 0.3) is 0 Å². The second-order valence-electron chi connectivity index (χ2n) is 5.70. The van der Waals surface area contributed by atoms with Crippen LogP contribution in [0.1, 0.15) is 13.8 Å². The van der Waals surface area contributed by atoms with E-state index in [0.717, 1.165) is 27.9 Å². The van der Waals surface area contributed by atoms with Crippen molar-refractivity contribution in [1.29, 1.82) is 0 Å². The van der Waals surface area contributed by atoms with Crippen LogP contribution < -0.4 is 0 Å². The Balaban J connectivity index is 1.95. The number of thioether (sulfide) groups is 2. The molecule has 0 saturated heterocycles. The Kier molecular flexibility index (Phi) is 2.84. The van der Waals surface area contributed by atoms with E-state index < -0.39 is 8.80 Å². The van der Waals surface area contributed by atoms with Gasteiger partial charge in [0.05, 0.1) is 0 Å². The predicted molar refractivity (Wildman–Crippen MR) is 79.9 cm³/mol. The van der Waals surface area contributed by atoms with Crippen molar-refractivity contribution in [1.82, 2.24) is 0 Å². The molecule has 0 amide bonds. The van der Waals surface area contributed by atoms with E-state index in [1.54, 1.807) is 9.81 Å². The fraction of sp³-hybridized carbons (Fsp3) is 0.692. The standard InChI is InChI=1S/C13H20S2Si/c1-7-5-9-10-6-8(2)15-12(10)13(16(3)4)11(9)14-7/h5-6,9-13,16H,1-4H3. The van der Waals surface area contributed by atoms with Crippen molar-refractivity contribution in [2.24, 2.45) is 11.8 Å². The van der Waals surface area contributed by atoms with Crippen molar-refractivity contribution in [3.05, 3.63) is 22.0 Å². The quantitative estimate of drug-likeness (QED) is 0.656. The van der Waals surface area contributed by atoms with Gasteiger partial charge in [-0.05, 0) is 41.0 Å². The summed E-state index contributed by atoms with van der Waals surface area (Å²) in [4.78, 5) is 3.16. The van der Waals surface area contributed by atoms with E-state index in [1.165, 1.54) is 0 Å². The van der Waals surface area contributed by atoms with Crippen LogP contribution in [0.15, 0.2) is 22.0 Å². The number of fused-ring (bicyclic) bond motifs is 3. The minimum Gasteiger partial charge on any atom is -0.127 e. The Morgan fingerprint density at radius 1 is 0.938 bits per heavy atom. The van der Waals surface area contributed by atoms with Gasteiger partial charge in [0.2, 0.25) is 0 Å². The molecular formula is C13H20S2Si. The molecular weight excluding hydrogens is 248 g/mol. The molecule has 0 bridgehead atoms. The summed E-state index contributed by atoms with van der Waals surface area (Å²) in [5.74, 6) is 1.72. The fourth-order valence-electron chi connectivity index (χ4n) is 3.67. The molecule has 1 saturated carbocycles. The van der Waals surface area contributed by atoms with Crippen LogP contribution in [0.4, 0.5) is 0 Å². The van der Waals surface area contributed by atoms with Gasteiger partial charge in [-0.25, -0.2) is 0 Å². The molecule has 0 nitrogen and oxygen atoms in total. The minimum atomic E-state index is -0.534. The molecule has 0 radical (unpaired) electrons. The summed E-state index contributed by atoms with van der Waals surface area (Å²) in [5, 5.41) is 1.86. The Bertz CT molecular complexity index is 340. The summed E-state index contributed by atoms with van der Waals surface area (Å²) in [6.45, 7) is 9.70. The van der Waals surface area contributed by atoms with E-state index in [-0.39, 0.29) is 0 Å². The molecule has 0 aromatic rings. The van der Waals surface area contributed by atoms with Crippen molar-refractivity contribution in [2.45, 2.75) is 43.0 Å². The second-order valence-corrected chi connectivity index (χ2v) is 11.8. The Morgan fingerprint density at radius 3 is 1.75 bits per heavy atom. The van der Waals surface area contributed by atoms with Crippen molar-refractivity contribution in [2.75, 3.05) is 0 Å². The van der Waals surface area contributed by atoms with Gasteiger partial charge in [-0.3, -0.25) is 0 Å². The third-order valence-corrected chi connectivity index (χ3v) is 9.97. The number of allylic oxidation sites excluding steroid dienone is 4. The van der Waals surface area contributed by atoms with Gasteiger partial charge >= 0.3 is 0 Å². The van der Waals surface area contributed by atoms with Crippen molar-refractivity contribution in [3.63, 3.8) is 0 Å². The van der Waals surface area contributed by atoms with Crippen LogP contribution in [0, 0.1) is 11.8 Å². The molecule has 88 valence electrons. The summed E-state index contributed by atoms with van der Waals surface area (Å²) in [5.41, 5.74) is 1.03. The predicted octanol–water partition coefficient (Wildman–Crippen LogP) is 4.13. The van der Waals surface area contributed by atoms with E-state index in [9.17, 15) is 0 Å². The molecule has 0 aromatic heterocycles. The molecule has 0 aromatic carbocycles. The maximum absolute atomic E-state index is 2.57. The topological polar surface area (TPSA) is 0 Å². The second kappa shape index (κ2) is 3.96. The summed E-state index contributed by atoms with van der Waals surface area (Å²) < 4.78 is 0. The summed E-state index contributed by atoms with van der Waals surface area (Å²) in [7, 11) is -0.534. The van der Waals surface area contributed by atoms with E-state index >= 15 is 0 Å². The minimum absolute atomic E-state index is 0.534. The van der Waals surface area contributed by atoms with Crippen LogP contribution in [-0.4, -0.2) is 19.3 Å². The van der Waals surface area contributed by atoms with E-state index in [4.69, 9.17) is 0 Å². The number of hydrogen-bond donors (Lipinski definition) is 0. The average Bonchev–Trinajstić information content (AvgIpc) is 2.75. The monoisotopic (exact) mass is 268 g/mol. The van der Waals surface area contributed by atoms with Crippen LogP contribution >= 0.6 is 23.5 Å². The van der Waals surface area contributed by atoms with Crippen LogP contribution in [0.2, 0.25) is 18.6 Å². The van der Waals surface area contributed by atoms with Gasteiger partial charge in [-0.2, -0.15) is 0 Å². The van der Waals surface area contributed by atoms with Crippen molar-refractivity contribution in [3.8, 4) is 0 Å².